The normalized spacial score (nSPS) is 34.0. The van der Waals surface area contributed by atoms with Crippen LogP contribution in [-0.4, -0.2) is 54.2 Å². The summed E-state index contributed by atoms with van der Waals surface area (Å²) in [5.74, 6) is 0. The molecule has 1 aliphatic heterocycles. The minimum Gasteiger partial charge on any atom is -0.308 e. The van der Waals surface area contributed by atoms with E-state index in [0.717, 1.165) is 6.54 Å². The zero-order valence-electron chi connectivity index (χ0n) is 10.9. The lowest BCUT2D eigenvalue weighted by molar-refractivity contribution is 0.0541. The molecule has 0 radical (unpaired) electrons. The third-order valence-corrected chi connectivity index (χ3v) is 3.14. The van der Waals surface area contributed by atoms with Crippen molar-refractivity contribution in [3.63, 3.8) is 0 Å². The fraction of sp³-hybridized carbons (Fsp3) is 1.00. The molecule has 0 aliphatic carbocycles. The predicted octanol–water partition coefficient (Wildman–Crippen LogP) is 2.15. The van der Waals surface area contributed by atoms with Crippen LogP contribution in [0.3, 0.4) is 0 Å². The molecule has 90 valence electrons. The molecule has 0 aromatic carbocycles. The number of likely N-dealkylation sites (N-methyl/N-ethyl adjacent to an activating group) is 1. The highest BCUT2D eigenvalue weighted by Crippen LogP contribution is 2.33. The second-order valence-electron chi connectivity index (χ2n) is 6.01. The Morgan fingerprint density at radius 2 is 1.87 bits per heavy atom. The van der Waals surface area contributed by atoms with Gasteiger partial charge in [0.15, 0.2) is 0 Å². The van der Waals surface area contributed by atoms with Crippen molar-refractivity contribution in [2.24, 2.45) is 0 Å². The first kappa shape index (κ1) is 12.9. The van der Waals surface area contributed by atoms with Crippen molar-refractivity contribution in [1.82, 2.24) is 9.80 Å². The van der Waals surface area contributed by atoms with E-state index in [1.165, 1.54) is 0 Å². The molecule has 3 heteroatoms. The Bertz CT molecular complexity index is 210. The Balaban J connectivity index is 2.80. The third kappa shape index (κ3) is 2.91. The number of halogens is 1. The quantitative estimate of drug-likeness (QED) is 0.698. The summed E-state index contributed by atoms with van der Waals surface area (Å²) < 4.78 is 13.9. The van der Waals surface area contributed by atoms with E-state index in [0.29, 0.717) is 12.5 Å². The van der Waals surface area contributed by atoms with Gasteiger partial charge in [0, 0.05) is 18.1 Å². The van der Waals surface area contributed by atoms with Crippen LogP contribution >= 0.6 is 0 Å². The van der Waals surface area contributed by atoms with Crippen LogP contribution in [0, 0.1) is 0 Å². The highest BCUT2D eigenvalue weighted by Gasteiger charge is 2.44. The van der Waals surface area contributed by atoms with E-state index in [4.69, 9.17) is 0 Å². The highest BCUT2D eigenvalue weighted by atomic mass is 19.1. The second kappa shape index (κ2) is 4.38. The van der Waals surface area contributed by atoms with E-state index in [9.17, 15) is 4.39 Å². The van der Waals surface area contributed by atoms with E-state index in [-0.39, 0.29) is 11.6 Å². The first-order valence-electron chi connectivity index (χ1n) is 5.80. The summed E-state index contributed by atoms with van der Waals surface area (Å²) in [7, 11) is 4.02. The van der Waals surface area contributed by atoms with Gasteiger partial charge in [0.1, 0.15) is 6.17 Å². The van der Waals surface area contributed by atoms with E-state index >= 15 is 0 Å². The number of alkyl halides is 1. The first-order chi connectivity index (χ1) is 6.73. The average Bonchev–Trinajstić information content (AvgIpc) is 2.23. The standard InChI is InChI=1S/C12H25FN2/c1-9-7-10(13)11(8-14(5)6)15(9)12(2,3)4/h9-11H,7-8H2,1-6H3/t9-,10-,11-/m1/s1. The molecule has 1 aliphatic rings. The van der Waals surface area contributed by atoms with Crippen molar-refractivity contribution in [2.45, 2.75) is 57.9 Å². The van der Waals surface area contributed by atoms with Gasteiger partial charge < -0.3 is 4.90 Å². The molecule has 0 unspecified atom stereocenters. The predicted molar refractivity (Wildman–Crippen MR) is 62.9 cm³/mol. The van der Waals surface area contributed by atoms with E-state index in [2.05, 4.69) is 37.5 Å². The maximum Gasteiger partial charge on any atom is 0.118 e. The summed E-state index contributed by atoms with van der Waals surface area (Å²) >= 11 is 0. The van der Waals surface area contributed by atoms with Crippen LogP contribution in [0.15, 0.2) is 0 Å². The number of hydrogen-bond acceptors (Lipinski definition) is 2. The molecule has 0 aromatic heterocycles. The van der Waals surface area contributed by atoms with Gasteiger partial charge in [-0.15, -0.1) is 0 Å². The minimum atomic E-state index is -0.679. The summed E-state index contributed by atoms with van der Waals surface area (Å²) in [5, 5.41) is 0. The SMILES string of the molecule is C[C@@H]1C[C@@H](F)[C@@H](CN(C)C)N1C(C)(C)C. The minimum absolute atomic E-state index is 0.0509. The number of hydrogen-bond donors (Lipinski definition) is 0. The van der Waals surface area contributed by atoms with Crippen molar-refractivity contribution in [1.29, 1.82) is 0 Å². The molecule has 0 spiro atoms. The largest absolute Gasteiger partial charge is 0.308 e. The third-order valence-electron chi connectivity index (χ3n) is 3.14. The van der Waals surface area contributed by atoms with Crippen LogP contribution in [0.2, 0.25) is 0 Å². The fourth-order valence-electron chi connectivity index (χ4n) is 2.83. The molecular formula is C12H25FN2. The van der Waals surface area contributed by atoms with Crippen LogP contribution in [0.4, 0.5) is 4.39 Å². The van der Waals surface area contributed by atoms with Gasteiger partial charge >= 0.3 is 0 Å². The van der Waals surface area contributed by atoms with E-state index in [1.807, 2.05) is 14.1 Å². The maximum absolute atomic E-state index is 13.9. The van der Waals surface area contributed by atoms with Crippen molar-refractivity contribution < 1.29 is 4.39 Å². The molecule has 1 heterocycles. The van der Waals surface area contributed by atoms with Gasteiger partial charge in [-0.1, -0.05) is 0 Å². The van der Waals surface area contributed by atoms with Crippen LogP contribution in [0.5, 0.6) is 0 Å². The Labute approximate surface area is 93.4 Å². The van der Waals surface area contributed by atoms with Crippen LogP contribution < -0.4 is 0 Å². The van der Waals surface area contributed by atoms with Crippen molar-refractivity contribution in [3.8, 4) is 0 Å². The molecule has 0 saturated carbocycles. The molecule has 1 fully saturated rings. The lowest BCUT2D eigenvalue weighted by atomic mass is 10.0. The van der Waals surface area contributed by atoms with Gasteiger partial charge in [-0.3, -0.25) is 4.90 Å². The summed E-state index contributed by atoms with van der Waals surface area (Å²) in [4.78, 5) is 4.41. The summed E-state index contributed by atoms with van der Waals surface area (Å²) in [6, 6.07) is 0.403. The zero-order chi connectivity index (χ0) is 11.8. The number of rotatable bonds is 2. The van der Waals surface area contributed by atoms with Crippen molar-refractivity contribution in [3.05, 3.63) is 0 Å². The molecule has 1 saturated heterocycles. The summed E-state index contributed by atoms with van der Waals surface area (Å²) in [6.07, 6.45) is -0.00269. The second-order valence-corrected chi connectivity index (χ2v) is 6.01. The number of nitrogens with zero attached hydrogens (tertiary/aromatic N) is 2. The van der Waals surface area contributed by atoms with Gasteiger partial charge in [0.25, 0.3) is 0 Å². The Hall–Kier alpha value is -0.150. The summed E-state index contributed by atoms with van der Waals surface area (Å²) in [6.45, 7) is 9.45. The smallest absolute Gasteiger partial charge is 0.118 e. The van der Waals surface area contributed by atoms with Gasteiger partial charge in [-0.25, -0.2) is 4.39 Å². The van der Waals surface area contributed by atoms with E-state index < -0.39 is 6.17 Å². The van der Waals surface area contributed by atoms with Crippen molar-refractivity contribution >= 4 is 0 Å². The Morgan fingerprint density at radius 1 is 1.33 bits per heavy atom. The number of likely N-dealkylation sites (tertiary alicyclic amines) is 1. The van der Waals surface area contributed by atoms with Crippen LogP contribution in [0.1, 0.15) is 34.1 Å². The molecule has 0 N–H and O–H groups in total. The highest BCUT2D eigenvalue weighted by molar-refractivity contribution is 4.98. The molecular weight excluding hydrogens is 191 g/mol. The lowest BCUT2D eigenvalue weighted by Crippen LogP contribution is -2.52. The lowest BCUT2D eigenvalue weighted by Gasteiger charge is -2.41. The van der Waals surface area contributed by atoms with E-state index in [1.54, 1.807) is 0 Å². The first-order valence-corrected chi connectivity index (χ1v) is 5.80. The van der Waals surface area contributed by atoms with Gasteiger partial charge in [0.05, 0.1) is 6.04 Å². The topological polar surface area (TPSA) is 6.48 Å². The molecule has 15 heavy (non-hydrogen) atoms. The molecule has 3 atom stereocenters. The fourth-order valence-corrected chi connectivity index (χ4v) is 2.83. The Morgan fingerprint density at radius 3 is 2.27 bits per heavy atom. The van der Waals surface area contributed by atoms with Gasteiger partial charge in [-0.2, -0.15) is 0 Å². The average molecular weight is 216 g/mol. The van der Waals surface area contributed by atoms with Gasteiger partial charge in [-0.05, 0) is 48.2 Å². The zero-order valence-corrected chi connectivity index (χ0v) is 10.9. The molecule has 0 bridgehead atoms. The van der Waals surface area contributed by atoms with Crippen LogP contribution in [-0.2, 0) is 0 Å². The Kier molecular flexibility index (Phi) is 3.77. The monoisotopic (exact) mass is 216 g/mol. The summed E-state index contributed by atoms with van der Waals surface area (Å²) in [5.41, 5.74) is 0.0565. The van der Waals surface area contributed by atoms with Crippen molar-refractivity contribution in [2.75, 3.05) is 20.6 Å². The molecule has 0 amide bonds. The van der Waals surface area contributed by atoms with Crippen LogP contribution in [0.25, 0.3) is 0 Å². The molecule has 1 rings (SSSR count). The maximum atomic E-state index is 13.9. The molecule has 2 nitrogen and oxygen atoms in total. The molecule has 0 aromatic rings. The van der Waals surface area contributed by atoms with Gasteiger partial charge in [0.2, 0.25) is 0 Å².